The minimum Gasteiger partial charge on any atom is -0.396 e. The van der Waals surface area contributed by atoms with Crippen molar-refractivity contribution in [3.63, 3.8) is 0 Å². The standard InChI is InChI=1S/C11H15O2P/c12-9-11-7-4-8-14(11,13)10-5-2-1-3-6-10/h1-3,5-6,11-12H,4,7-9H2/t11-,14+/m0/s1. The molecule has 1 heterocycles. The molecule has 1 aromatic rings. The summed E-state index contributed by atoms with van der Waals surface area (Å²) in [5.41, 5.74) is 0.00454. The summed E-state index contributed by atoms with van der Waals surface area (Å²) in [6.07, 6.45) is 2.66. The van der Waals surface area contributed by atoms with E-state index in [1.54, 1.807) is 0 Å². The van der Waals surface area contributed by atoms with Crippen molar-refractivity contribution in [3.05, 3.63) is 30.3 Å². The van der Waals surface area contributed by atoms with Crippen LogP contribution in [-0.4, -0.2) is 23.5 Å². The highest BCUT2D eigenvalue weighted by Gasteiger charge is 2.38. The predicted molar refractivity (Wildman–Crippen MR) is 58.7 cm³/mol. The predicted octanol–water partition coefficient (Wildman–Crippen LogP) is 1.83. The van der Waals surface area contributed by atoms with Crippen LogP contribution < -0.4 is 5.30 Å². The first-order chi connectivity index (χ1) is 6.77. The third-order valence-corrected chi connectivity index (χ3v) is 6.78. The summed E-state index contributed by atoms with van der Waals surface area (Å²) in [7, 11) is -2.28. The normalized spacial score (nSPS) is 31.9. The Hall–Kier alpha value is -0.590. The third kappa shape index (κ3) is 1.53. The van der Waals surface area contributed by atoms with Crippen molar-refractivity contribution in [1.29, 1.82) is 0 Å². The van der Waals surface area contributed by atoms with Crippen LogP contribution in [0.25, 0.3) is 0 Å². The molecule has 0 unspecified atom stereocenters. The summed E-state index contributed by atoms with van der Waals surface area (Å²) in [5.74, 6) is 0. The molecule has 0 spiro atoms. The van der Waals surface area contributed by atoms with E-state index in [0.29, 0.717) is 0 Å². The van der Waals surface area contributed by atoms with Gasteiger partial charge in [0, 0.05) is 17.1 Å². The number of aliphatic hydroxyl groups is 1. The molecule has 1 aliphatic heterocycles. The van der Waals surface area contributed by atoms with Gasteiger partial charge in [0.05, 0.1) is 6.61 Å². The van der Waals surface area contributed by atoms with Crippen LogP contribution in [0.1, 0.15) is 12.8 Å². The molecule has 1 aliphatic rings. The van der Waals surface area contributed by atoms with E-state index in [-0.39, 0.29) is 12.3 Å². The fourth-order valence-electron chi connectivity index (χ4n) is 2.20. The van der Waals surface area contributed by atoms with E-state index in [1.165, 1.54) is 0 Å². The number of hydrogen-bond acceptors (Lipinski definition) is 2. The Balaban J connectivity index is 2.37. The van der Waals surface area contributed by atoms with Crippen molar-refractivity contribution < 1.29 is 9.67 Å². The fraction of sp³-hybridized carbons (Fsp3) is 0.455. The molecule has 0 aliphatic carbocycles. The molecule has 2 atom stereocenters. The number of aliphatic hydroxyl groups excluding tert-OH is 1. The fourth-order valence-corrected chi connectivity index (χ4v) is 5.43. The molecule has 1 N–H and O–H groups in total. The molecule has 1 aromatic carbocycles. The van der Waals surface area contributed by atoms with Crippen LogP contribution in [0.3, 0.4) is 0 Å². The quantitative estimate of drug-likeness (QED) is 0.756. The Bertz CT molecular complexity index is 348. The molecule has 2 nitrogen and oxygen atoms in total. The van der Waals surface area contributed by atoms with Gasteiger partial charge in [0.15, 0.2) is 0 Å². The first-order valence-electron chi connectivity index (χ1n) is 5.02. The average molecular weight is 210 g/mol. The summed E-state index contributed by atoms with van der Waals surface area (Å²) in [5, 5.41) is 10.1. The van der Waals surface area contributed by atoms with Gasteiger partial charge in [-0.15, -0.1) is 0 Å². The van der Waals surface area contributed by atoms with Gasteiger partial charge in [0.2, 0.25) is 0 Å². The second-order valence-electron chi connectivity index (χ2n) is 3.83. The number of benzene rings is 1. The Kier molecular flexibility index (Phi) is 2.76. The summed E-state index contributed by atoms with van der Waals surface area (Å²) in [6, 6.07) is 9.62. The molecule has 1 fully saturated rings. The van der Waals surface area contributed by atoms with E-state index in [1.807, 2.05) is 30.3 Å². The Labute approximate surface area is 84.3 Å². The molecular formula is C11H15O2P. The summed E-state index contributed by atoms with van der Waals surface area (Å²) in [4.78, 5) is 0. The smallest absolute Gasteiger partial charge is 0.120 e. The Morgan fingerprint density at radius 3 is 2.71 bits per heavy atom. The molecule has 14 heavy (non-hydrogen) atoms. The maximum absolute atomic E-state index is 12.6. The topological polar surface area (TPSA) is 37.3 Å². The van der Waals surface area contributed by atoms with E-state index < -0.39 is 7.14 Å². The molecule has 1 saturated heterocycles. The lowest BCUT2D eigenvalue weighted by atomic mass is 10.3. The van der Waals surface area contributed by atoms with Gasteiger partial charge in [0.25, 0.3) is 0 Å². The van der Waals surface area contributed by atoms with Crippen LogP contribution in [0, 0.1) is 0 Å². The second kappa shape index (κ2) is 3.88. The van der Waals surface area contributed by atoms with Gasteiger partial charge in [-0.2, -0.15) is 0 Å². The van der Waals surface area contributed by atoms with E-state index in [9.17, 15) is 9.67 Å². The third-order valence-electron chi connectivity index (χ3n) is 3.02. The summed E-state index contributed by atoms with van der Waals surface area (Å²) >= 11 is 0. The minimum absolute atomic E-state index is 0.00454. The summed E-state index contributed by atoms with van der Waals surface area (Å²) < 4.78 is 12.6. The van der Waals surface area contributed by atoms with Gasteiger partial charge in [-0.05, 0) is 12.8 Å². The molecule has 2 rings (SSSR count). The van der Waals surface area contributed by atoms with Crippen LogP contribution in [-0.2, 0) is 4.57 Å². The van der Waals surface area contributed by atoms with Gasteiger partial charge >= 0.3 is 0 Å². The zero-order chi connectivity index (χ0) is 10.0. The highest BCUT2D eigenvalue weighted by Crippen LogP contribution is 2.56. The molecule has 0 saturated carbocycles. The maximum atomic E-state index is 12.6. The van der Waals surface area contributed by atoms with Crippen molar-refractivity contribution in [3.8, 4) is 0 Å². The largest absolute Gasteiger partial charge is 0.396 e. The van der Waals surface area contributed by atoms with Crippen LogP contribution in [0.15, 0.2) is 30.3 Å². The van der Waals surface area contributed by atoms with Crippen LogP contribution in [0.2, 0.25) is 0 Å². The lowest BCUT2D eigenvalue weighted by Gasteiger charge is -2.18. The van der Waals surface area contributed by atoms with E-state index in [0.717, 1.165) is 24.3 Å². The first kappa shape index (κ1) is 9.95. The highest BCUT2D eigenvalue weighted by molar-refractivity contribution is 7.72. The van der Waals surface area contributed by atoms with Crippen molar-refractivity contribution >= 4 is 12.4 Å². The second-order valence-corrected chi connectivity index (χ2v) is 7.12. The average Bonchev–Trinajstić information content (AvgIpc) is 2.62. The molecule has 76 valence electrons. The van der Waals surface area contributed by atoms with Crippen molar-refractivity contribution in [2.45, 2.75) is 18.5 Å². The lowest BCUT2D eigenvalue weighted by molar-refractivity contribution is 0.289. The van der Waals surface area contributed by atoms with Crippen molar-refractivity contribution in [2.24, 2.45) is 0 Å². The molecule has 0 aromatic heterocycles. The molecular weight excluding hydrogens is 195 g/mol. The van der Waals surface area contributed by atoms with E-state index >= 15 is 0 Å². The minimum atomic E-state index is -2.28. The van der Waals surface area contributed by atoms with Gasteiger partial charge in [-0.1, -0.05) is 30.3 Å². The Morgan fingerprint density at radius 1 is 1.36 bits per heavy atom. The summed E-state index contributed by atoms with van der Waals surface area (Å²) in [6.45, 7) is 0.0617. The zero-order valence-corrected chi connectivity index (χ0v) is 8.99. The first-order valence-corrected chi connectivity index (χ1v) is 6.99. The SMILES string of the molecule is O=[P@@]1(c2ccccc2)CCC[C@H]1CO. The van der Waals surface area contributed by atoms with Gasteiger partial charge < -0.3 is 9.67 Å². The van der Waals surface area contributed by atoms with Gasteiger partial charge in [-0.3, -0.25) is 0 Å². The monoisotopic (exact) mass is 210 g/mol. The number of rotatable bonds is 2. The number of hydrogen-bond donors (Lipinski definition) is 1. The molecule has 0 radical (unpaired) electrons. The Morgan fingerprint density at radius 2 is 2.07 bits per heavy atom. The molecule has 0 bridgehead atoms. The lowest BCUT2D eigenvalue weighted by Crippen LogP contribution is -2.17. The van der Waals surface area contributed by atoms with Crippen molar-refractivity contribution in [2.75, 3.05) is 12.8 Å². The van der Waals surface area contributed by atoms with Gasteiger partial charge in [-0.25, -0.2) is 0 Å². The zero-order valence-electron chi connectivity index (χ0n) is 8.10. The molecule has 3 heteroatoms. The van der Waals surface area contributed by atoms with Gasteiger partial charge in [0.1, 0.15) is 7.14 Å². The maximum Gasteiger partial charge on any atom is 0.120 e. The van der Waals surface area contributed by atoms with Crippen LogP contribution in [0.4, 0.5) is 0 Å². The molecule has 0 amide bonds. The highest BCUT2D eigenvalue weighted by atomic mass is 31.2. The van der Waals surface area contributed by atoms with Crippen molar-refractivity contribution in [1.82, 2.24) is 0 Å². The van der Waals surface area contributed by atoms with Crippen LogP contribution in [0.5, 0.6) is 0 Å². The van der Waals surface area contributed by atoms with E-state index in [2.05, 4.69) is 0 Å². The van der Waals surface area contributed by atoms with E-state index in [4.69, 9.17) is 0 Å². The van der Waals surface area contributed by atoms with Crippen LogP contribution >= 0.6 is 7.14 Å².